The van der Waals surface area contributed by atoms with Crippen LogP contribution in [-0.4, -0.2) is 18.8 Å². The van der Waals surface area contributed by atoms with Gasteiger partial charge in [0.2, 0.25) is 0 Å². The molecule has 2 aromatic carbocycles. The molecule has 0 aliphatic heterocycles. The van der Waals surface area contributed by atoms with Crippen molar-refractivity contribution in [3.63, 3.8) is 0 Å². The number of hydrogen-bond acceptors (Lipinski definition) is 3. The maximum atomic E-state index is 10.3. The van der Waals surface area contributed by atoms with Crippen LogP contribution in [0.4, 0.5) is 0 Å². The number of hydrogen-bond donors (Lipinski definition) is 2. The highest BCUT2D eigenvalue weighted by atomic mass is 16.5. The average Bonchev–Trinajstić information content (AvgIpc) is 2.54. The summed E-state index contributed by atoms with van der Waals surface area (Å²) in [5, 5.41) is 13.7. The van der Waals surface area contributed by atoms with Gasteiger partial charge in [-0.05, 0) is 55.6 Å². The van der Waals surface area contributed by atoms with Gasteiger partial charge >= 0.3 is 0 Å². The quantitative estimate of drug-likeness (QED) is 0.769. The first kappa shape index (κ1) is 16.5. The molecule has 2 rings (SSSR count). The molecule has 2 N–H and O–H groups in total. The van der Waals surface area contributed by atoms with Crippen LogP contribution in [0.3, 0.4) is 0 Å². The van der Waals surface area contributed by atoms with Crippen LogP contribution >= 0.6 is 0 Å². The summed E-state index contributed by atoms with van der Waals surface area (Å²) in [6, 6.07) is 14.2. The molecule has 2 aromatic rings. The minimum atomic E-state index is -0.414. The second-order valence-electron chi connectivity index (χ2n) is 5.69. The van der Waals surface area contributed by atoms with Crippen molar-refractivity contribution in [2.24, 2.45) is 0 Å². The Bertz CT molecular complexity index is 593. The number of aliphatic hydroxyl groups is 1. The summed E-state index contributed by atoms with van der Waals surface area (Å²) in [7, 11) is 1.67. The van der Waals surface area contributed by atoms with E-state index in [1.807, 2.05) is 31.2 Å². The zero-order valence-corrected chi connectivity index (χ0v) is 13.6. The molecule has 0 radical (unpaired) electrons. The van der Waals surface area contributed by atoms with Gasteiger partial charge in [-0.2, -0.15) is 0 Å². The second-order valence-corrected chi connectivity index (χ2v) is 5.69. The van der Waals surface area contributed by atoms with Crippen LogP contribution in [0.5, 0.6) is 5.75 Å². The van der Waals surface area contributed by atoms with Gasteiger partial charge in [0, 0.05) is 6.54 Å². The largest absolute Gasteiger partial charge is 0.497 e. The van der Waals surface area contributed by atoms with Gasteiger partial charge in [0.25, 0.3) is 0 Å². The van der Waals surface area contributed by atoms with E-state index in [-0.39, 0.29) is 0 Å². The van der Waals surface area contributed by atoms with E-state index in [0.29, 0.717) is 6.42 Å². The van der Waals surface area contributed by atoms with E-state index < -0.39 is 6.10 Å². The summed E-state index contributed by atoms with van der Waals surface area (Å²) in [5.74, 6) is 0.870. The monoisotopic (exact) mass is 299 g/mol. The number of rotatable bonds is 7. The predicted molar refractivity (Wildman–Crippen MR) is 90.2 cm³/mol. The van der Waals surface area contributed by atoms with E-state index >= 15 is 0 Å². The highest BCUT2D eigenvalue weighted by molar-refractivity contribution is 5.32. The molecule has 3 nitrogen and oxygen atoms in total. The molecular formula is C19H25NO2. The van der Waals surface area contributed by atoms with Gasteiger partial charge in [-0.25, -0.2) is 0 Å². The van der Waals surface area contributed by atoms with Crippen molar-refractivity contribution >= 4 is 0 Å². The molecule has 0 bridgehead atoms. The normalized spacial score (nSPS) is 12.2. The van der Waals surface area contributed by atoms with Crippen molar-refractivity contribution in [3.8, 4) is 5.75 Å². The van der Waals surface area contributed by atoms with E-state index in [0.717, 1.165) is 30.0 Å². The predicted octanol–water partition coefficient (Wildman–Crippen LogP) is 3.53. The zero-order valence-electron chi connectivity index (χ0n) is 13.6. The summed E-state index contributed by atoms with van der Waals surface area (Å²) in [5.41, 5.74) is 4.58. The first-order valence-corrected chi connectivity index (χ1v) is 7.69. The minimum absolute atomic E-state index is 0.414. The van der Waals surface area contributed by atoms with Gasteiger partial charge in [0.05, 0.1) is 13.2 Å². The van der Waals surface area contributed by atoms with Gasteiger partial charge in [0.15, 0.2) is 0 Å². The van der Waals surface area contributed by atoms with Crippen LogP contribution in [0, 0.1) is 13.8 Å². The van der Waals surface area contributed by atoms with E-state index in [4.69, 9.17) is 4.74 Å². The summed E-state index contributed by atoms with van der Waals surface area (Å²) >= 11 is 0. The Morgan fingerprint density at radius 2 is 1.82 bits per heavy atom. The third-order valence-corrected chi connectivity index (χ3v) is 3.88. The molecule has 118 valence electrons. The Hall–Kier alpha value is -1.84. The van der Waals surface area contributed by atoms with E-state index in [9.17, 15) is 5.11 Å². The van der Waals surface area contributed by atoms with Crippen LogP contribution in [-0.2, 0) is 6.54 Å². The van der Waals surface area contributed by atoms with Gasteiger partial charge in [-0.3, -0.25) is 0 Å². The molecule has 0 saturated heterocycles. The Morgan fingerprint density at radius 1 is 1.09 bits per heavy atom. The molecule has 22 heavy (non-hydrogen) atoms. The zero-order chi connectivity index (χ0) is 15.9. The second kappa shape index (κ2) is 7.97. The molecule has 1 atom stereocenters. The van der Waals surface area contributed by atoms with E-state index in [1.54, 1.807) is 7.11 Å². The molecule has 0 aliphatic carbocycles. The Kier molecular flexibility index (Phi) is 5.99. The SMILES string of the molecule is COc1ccc(CNCCC(O)c2cc(C)ccc2C)cc1. The number of methoxy groups -OCH3 is 1. The molecule has 0 heterocycles. The van der Waals surface area contributed by atoms with Gasteiger partial charge in [-0.1, -0.05) is 35.9 Å². The molecule has 0 saturated carbocycles. The Balaban J connectivity index is 1.79. The molecule has 0 spiro atoms. The fourth-order valence-electron chi connectivity index (χ4n) is 2.49. The lowest BCUT2D eigenvalue weighted by atomic mass is 9.99. The third kappa shape index (κ3) is 4.58. The van der Waals surface area contributed by atoms with Gasteiger partial charge < -0.3 is 15.2 Å². The van der Waals surface area contributed by atoms with Crippen molar-refractivity contribution in [2.45, 2.75) is 32.9 Å². The van der Waals surface area contributed by atoms with Crippen LogP contribution in [0.1, 0.15) is 34.8 Å². The van der Waals surface area contributed by atoms with Gasteiger partial charge in [-0.15, -0.1) is 0 Å². The lowest BCUT2D eigenvalue weighted by Crippen LogP contribution is -2.17. The smallest absolute Gasteiger partial charge is 0.118 e. The molecule has 3 heteroatoms. The summed E-state index contributed by atoms with van der Waals surface area (Å²) in [6.45, 7) is 5.67. The number of aliphatic hydroxyl groups excluding tert-OH is 1. The summed E-state index contributed by atoms with van der Waals surface area (Å²) < 4.78 is 5.14. The van der Waals surface area contributed by atoms with E-state index in [2.05, 4.69) is 30.4 Å². The highest BCUT2D eigenvalue weighted by Crippen LogP contribution is 2.21. The first-order valence-electron chi connectivity index (χ1n) is 7.69. The number of ether oxygens (including phenoxy) is 1. The average molecular weight is 299 g/mol. The maximum absolute atomic E-state index is 10.3. The van der Waals surface area contributed by atoms with Crippen LogP contribution in [0.25, 0.3) is 0 Å². The number of aryl methyl sites for hydroxylation is 2. The van der Waals surface area contributed by atoms with Crippen molar-refractivity contribution < 1.29 is 9.84 Å². The molecule has 0 amide bonds. The maximum Gasteiger partial charge on any atom is 0.118 e. The van der Waals surface area contributed by atoms with Crippen molar-refractivity contribution in [1.82, 2.24) is 5.32 Å². The standard InChI is InChI=1S/C19H25NO2/c1-14-4-5-15(2)18(12-14)19(21)10-11-20-13-16-6-8-17(22-3)9-7-16/h4-9,12,19-21H,10-11,13H2,1-3H3. The molecule has 0 aliphatic rings. The molecule has 0 fully saturated rings. The number of benzene rings is 2. The van der Waals surface area contributed by atoms with Crippen molar-refractivity contribution in [1.29, 1.82) is 0 Å². The third-order valence-electron chi connectivity index (χ3n) is 3.88. The Labute approximate surface area is 133 Å². The Morgan fingerprint density at radius 3 is 2.50 bits per heavy atom. The fraction of sp³-hybridized carbons (Fsp3) is 0.368. The minimum Gasteiger partial charge on any atom is -0.497 e. The van der Waals surface area contributed by atoms with Crippen LogP contribution in [0.2, 0.25) is 0 Å². The first-order chi connectivity index (χ1) is 10.6. The van der Waals surface area contributed by atoms with Crippen molar-refractivity contribution in [3.05, 3.63) is 64.7 Å². The topological polar surface area (TPSA) is 41.5 Å². The molecule has 0 aromatic heterocycles. The highest BCUT2D eigenvalue weighted by Gasteiger charge is 2.10. The summed E-state index contributed by atoms with van der Waals surface area (Å²) in [4.78, 5) is 0. The van der Waals surface area contributed by atoms with Crippen molar-refractivity contribution in [2.75, 3.05) is 13.7 Å². The lowest BCUT2D eigenvalue weighted by Gasteiger charge is -2.15. The lowest BCUT2D eigenvalue weighted by molar-refractivity contribution is 0.166. The number of nitrogens with one attached hydrogen (secondary N) is 1. The molecule has 1 unspecified atom stereocenters. The van der Waals surface area contributed by atoms with Crippen LogP contribution < -0.4 is 10.1 Å². The van der Waals surface area contributed by atoms with Crippen LogP contribution in [0.15, 0.2) is 42.5 Å². The fourth-order valence-corrected chi connectivity index (χ4v) is 2.49. The van der Waals surface area contributed by atoms with E-state index in [1.165, 1.54) is 11.1 Å². The summed E-state index contributed by atoms with van der Waals surface area (Å²) in [6.07, 6.45) is 0.295. The molecular weight excluding hydrogens is 274 g/mol. The van der Waals surface area contributed by atoms with Gasteiger partial charge in [0.1, 0.15) is 5.75 Å².